The minimum atomic E-state index is -3.51. The van der Waals surface area contributed by atoms with Crippen LogP contribution in [-0.2, 0) is 19.6 Å². The second-order valence-corrected chi connectivity index (χ2v) is 9.09. The van der Waals surface area contributed by atoms with Crippen molar-refractivity contribution >= 4 is 27.7 Å². The Morgan fingerprint density at radius 3 is 2.38 bits per heavy atom. The molecule has 7 heteroatoms. The Hall–Kier alpha value is -2.48. The third kappa shape index (κ3) is 5.32. The van der Waals surface area contributed by atoms with Crippen molar-refractivity contribution in [2.45, 2.75) is 24.7 Å². The van der Waals surface area contributed by atoms with Gasteiger partial charge >= 0.3 is 0 Å². The second-order valence-electron chi connectivity index (χ2n) is 7.15. The van der Waals surface area contributed by atoms with Crippen LogP contribution in [0.25, 0.3) is 6.08 Å². The zero-order chi connectivity index (χ0) is 20.9. The first-order chi connectivity index (χ1) is 13.9. The van der Waals surface area contributed by atoms with E-state index in [1.165, 1.54) is 10.4 Å². The lowest BCUT2D eigenvalue weighted by atomic mass is 10.0. The number of morpholine rings is 1. The number of carbonyl (C=O) groups is 1. The molecule has 29 heavy (non-hydrogen) atoms. The zero-order valence-corrected chi connectivity index (χ0v) is 17.5. The summed E-state index contributed by atoms with van der Waals surface area (Å²) in [7, 11) is -3.51. The van der Waals surface area contributed by atoms with Gasteiger partial charge in [-0.15, -0.1) is 0 Å². The van der Waals surface area contributed by atoms with Gasteiger partial charge in [0, 0.05) is 24.9 Å². The van der Waals surface area contributed by atoms with Crippen LogP contribution in [0.1, 0.15) is 30.9 Å². The smallest absolute Gasteiger partial charge is 0.248 e. The van der Waals surface area contributed by atoms with Crippen molar-refractivity contribution < 1.29 is 17.9 Å². The van der Waals surface area contributed by atoms with E-state index < -0.39 is 10.0 Å². The van der Waals surface area contributed by atoms with E-state index in [1.807, 2.05) is 24.3 Å². The number of ether oxygens (including phenoxy) is 1. The molecule has 1 N–H and O–H groups in total. The molecule has 0 aliphatic carbocycles. The SMILES string of the molecule is CC(C)c1ccccc1NC(=O)/C=C/c1ccc(S(=O)(=O)N2CCOCC2)cc1. The van der Waals surface area contributed by atoms with E-state index >= 15 is 0 Å². The summed E-state index contributed by atoms with van der Waals surface area (Å²) in [4.78, 5) is 12.5. The molecule has 0 spiro atoms. The number of sulfonamides is 1. The molecule has 0 aromatic heterocycles. The van der Waals surface area contributed by atoms with Gasteiger partial charge in [0.1, 0.15) is 0 Å². The average Bonchev–Trinajstić information content (AvgIpc) is 2.73. The fourth-order valence-electron chi connectivity index (χ4n) is 3.15. The number of amides is 1. The largest absolute Gasteiger partial charge is 0.379 e. The quantitative estimate of drug-likeness (QED) is 0.735. The lowest BCUT2D eigenvalue weighted by molar-refractivity contribution is -0.111. The highest BCUT2D eigenvalue weighted by Crippen LogP contribution is 2.23. The van der Waals surface area contributed by atoms with Gasteiger partial charge in [-0.05, 0) is 41.3 Å². The van der Waals surface area contributed by atoms with Crippen molar-refractivity contribution in [1.29, 1.82) is 0 Å². The van der Waals surface area contributed by atoms with E-state index in [-0.39, 0.29) is 10.8 Å². The summed E-state index contributed by atoms with van der Waals surface area (Å²) in [6, 6.07) is 14.2. The molecule has 3 rings (SSSR count). The predicted molar refractivity (Wildman–Crippen MR) is 114 cm³/mol. The van der Waals surface area contributed by atoms with Crippen molar-refractivity contribution in [1.82, 2.24) is 4.31 Å². The van der Waals surface area contributed by atoms with Crippen LogP contribution in [0.15, 0.2) is 59.5 Å². The molecule has 2 aromatic carbocycles. The third-order valence-corrected chi connectivity index (χ3v) is 6.67. The molecule has 0 radical (unpaired) electrons. The van der Waals surface area contributed by atoms with Crippen molar-refractivity contribution in [3.8, 4) is 0 Å². The number of nitrogens with zero attached hydrogens (tertiary/aromatic N) is 1. The number of rotatable bonds is 6. The summed E-state index contributed by atoms with van der Waals surface area (Å²) < 4.78 is 31.9. The van der Waals surface area contributed by atoms with Crippen LogP contribution >= 0.6 is 0 Å². The summed E-state index contributed by atoms with van der Waals surface area (Å²) in [5.74, 6) is 0.0690. The fourth-order valence-corrected chi connectivity index (χ4v) is 4.56. The molecule has 1 aliphatic rings. The Bertz CT molecular complexity index is 976. The lowest BCUT2D eigenvalue weighted by Gasteiger charge is -2.26. The van der Waals surface area contributed by atoms with Crippen molar-refractivity contribution in [3.63, 3.8) is 0 Å². The topological polar surface area (TPSA) is 75.7 Å². The highest BCUT2D eigenvalue weighted by Gasteiger charge is 2.25. The Morgan fingerprint density at radius 2 is 1.72 bits per heavy atom. The first kappa shape index (κ1) is 21.2. The van der Waals surface area contributed by atoms with Gasteiger partial charge in [0.15, 0.2) is 0 Å². The van der Waals surface area contributed by atoms with Gasteiger partial charge in [0.05, 0.1) is 18.1 Å². The average molecular weight is 415 g/mol. The van der Waals surface area contributed by atoms with Crippen LogP contribution in [0, 0.1) is 0 Å². The molecule has 0 saturated carbocycles. The second kappa shape index (κ2) is 9.35. The molecule has 1 saturated heterocycles. The third-order valence-electron chi connectivity index (χ3n) is 4.76. The number of anilines is 1. The van der Waals surface area contributed by atoms with Crippen LogP contribution in [0.5, 0.6) is 0 Å². The Kier molecular flexibility index (Phi) is 6.84. The minimum Gasteiger partial charge on any atom is -0.379 e. The highest BCUT2D eigenvalue weighted by molar-refractivity contribution is 7.89. The van der Waals surface area contributed by atoms with Crippen LogP contribution in [0.2, 0.25) is 0 Å². The zero-order valence-electron chi connectivity index (χ0n) is 16.7. The maximum Gasteiger partial charge on any atom is 0.248 e. The Labute approximate surface area is 172 Å². The van der Waals surface area contributed by atoms with Gasteiger partial charge in [-0.3, -0.25) is 4.79 Å². The summed E-state index contributed by atoms with van der Waals surface area (Å²) in [6.07, 6.45) is 3.11. The van der Waals surface area contributed by atoms with Gasteiger partial charge in [0.25, 0.3) is 0 Å². The molecule has 6 nitrogen and oxygen atoms in total. The van der Waals surface area contributed by atoms with Crippen molar-refractivity contribution in [3.05, 3.63) is 65.7 Å². The minimum absolute atomic E-state index is 0.233. The monoisotopic (exact) mass is 414 g/mol. The summed E-state index contributed by atoms with van der Waals surface area (Å²) >= 11 is 0. The molecule has 2 aromatic rings. The Balaban J connectivity index is 1.66. The number of nitrogens with one attached hydrogen (secondary N) is 1. The molecule has 0 bridgehead atoms. The van der Waals surface area contributed by atoms with Gasteiger partial charge < -0.3 is 10.1 Å². The predicted octanol–water partition coefficient (Wildman–Crippen LogP) is 3.48. The first-order valence-corrected chi connectivity index (χ1v) is 11.1. The molecule has 0 atom stereocenters. The van der Waals surface area contributed by atoms with Crippen LogP contribution in [0.3, 0.4) is 0 Å². The molecular formula is C22H26N2O4S. The van der Waals surface area contributed by atoms with Gasteiger partial charge in [-0.2, -0.15) is 4.31 Å². The summed E-state index contributed by atoms with van der Waals surface area (Å²) in [5, 5.41) is 2.90. The molecule has 154 valence electrons. The van der Waals surface area contributed by atoms with E-state index in [4.69, 9.17) is 4.74 Å². The standard InChI is InChI=1S/C22H26N2O4S/c1-17(2)20-5-3-4-6-21(20)23-22(25)12-9-18-7-10-19(11-8-18)29(26,27)24-13-15-28-16-14-24/h3-12,17H,13-16H2,1-2H3,(H,23,25)/b12-9+. The number of para-hydroxylation sites is 1. The molecule has 1 aliphatic heterocycles. The van der Waals surface area contributed by atoms with E-state index in [9.17, 15) is 13.2 Å². The molecule has 1 heterocycles. The van der Waals surface area contributed by atoms with Gasteiger partial charge in [0.2, 0.25) is 15.9 Å². The van der Waals surface area contributed by atoms with E-state index in [0.717, 1.165) is 16.8 Å². The fraction of sp³-hybridized carbons (Fsp3) is 0.318. The van der Waals surface area contributed by atoms with Gasteiger partial charge in [-0.25, -0.2) is 8.42 Å². The number of hydrogen-bond acceptors (Lipinski definition) is 4. The molecule has 0 unspecified atom stereocenters. The summed E-state index contributed by atoms with van der Waals surface area (Å²) in [6.45, 7) is 5.70. The Morgan fingerprint density at radius 1 is 1.07 bits per heavy atom. The number of carbonyl (C=O) groups excluding carboxylic acids is 1. The van der Waals surface area contributed by atoms with Crippen molar-refractivity contribution in [2.24, 2.45) is 0 Å². The molecule has 1 amide bonds. The molecule has 1 fully saturated rings. The van der Waals surface area contributed by atoms with Crippen molar-refractivity contribution in [2.75, 3.05) is 31.6 Å². The highest BCUT2D eigenvalue weighted by atomic mass is 32.2. The maximum absolute atomic E-state index is 12.6. The maximum atomic E-state index is 12.6. The normalized spacial score (nSPS) is 15.7. The van der Waals surface area contributed by atoms with Crippen LogP contribution in [0.4, 0.5) is 5.69 Å². The van der Waals surface area contributed by atoms with Crippen LogP contribution < -0.4 is 5.32 Å². The lowest BCUT2D eigenvalue weighted by Crippen LogP contribution is -2.40. The van der Waals surface area contributed by atoms with E-state index in [0.29, 0.717) is 32.2 Å². The van der Waals surface area contributed by atoms with E-state index in [1.54, 1.807) is 30.3 Å². The van der Waals surface area contributed by atoms with Gasteiger partial charge in [-0.1, -0.05) is 44.2 Å². The molecular weight excluding hydrogens is 388 g/mol. The first-order valence-electron chi connectivity index (χ1n) is 9.64. The number of benzene rings is 2. The van der Waals surface area contributed by atoms with E-state index in [2.05, 4.69) is 19.2 Å². The summed E-state index contributed by atoms with van der Waals surface area (Å²) in [5.41, 5.74) is 2.62. The van der Waals surface area contributed by atoms with Crippen LogP contribution in [-0.4, -0.2) is 44.9 Å². The number of hydrogen-bond donors (Lipinski definition) is 1.